The van der Waals surface area contributed by atoms with Crippen LogP contribution < -0.4 is 5.32 Å². The fourth-order valence-corrected chi connectivity index (χ4v) is 2.60. The van der Waals surface area contributed by atoms with E-state index in [-0.39, 0.29) is 0 Å². The number of aryl methyl sites for hydroxylation is 2. The van der Waals surface area contributed by atoms with Crippen LogP contribution in [0.25, 0.3) is 0 Å². The SMILES string of the molecule is CCCC1CC(Nc2ccc(C)c(C)c2)CCO1. The first-order valence-corrected chi connectivity index (χ1v) is 7.14. The van der Waals surface area contributed by atoms with Gasteiger partial charge in [-0.2, -0.15) is 0 Å². The second-order valence-corrected chi connectivity index (χ2v) is 5.45. The van der Waals surface area contributed by atoms with E-state index in [2.05, 4.69) is 44.3 Å². The van der Waals surface area contributed by atoms with E-state index in [1.165, 1.54) is 29.7 Å². The van der Waals surface area contributed by atoms with E-state index in [4.69, 9.17) is 4.74 Å². The molecule has 1 N–H and O–H groups in total. The highest BCUT2D eigenvalue weighted by atomic mass is 16.5. The van der Waals surface area contributed by atoms with Gasteiger partial charge in [-0.3, -0.25) is 0 Å². The highest BCUT2D eigenvalue weighted by Crippen LogP contribution is 2.22. The molecule has 0 aromatic heterocycles. The molecule has 0 aliphatic carbocycles. The van der Waals surface area contributed by atoms with Crippen molar-refractivity contribution in [2.75, 3.05) is 11.9 Å². The van der Waals surface area contributed by atoms with Crippen LogP contribution in [0.15, 0.2) is 18.2 Å². The lowest BCUT2D eigenvalue weighted by Gasteiger charge is -2.30. The molecule has 2 rings (SSSR count). The second kappa shape index (κ2) is 6.24. The molecular formula is C16H25NO. The number of ether oxygens (including phenoxy) is 1. The molecule has 1 aromatic rings. The molecule has 2 heteroatoms. The Morgan fingerprint density at radius 3 is 2.83 bits per heavy atom. The van der Waals surface area contributed by atoms with E-state index in [1.54, 1.807) is 0 Å². The first-order valence-electron chi connectivity index (χ1n) is 7.14. The predicted octanol–water partition coefficient (Wildman–Crippen LogP) is 4.06. The van der Waals surface area contributed by atoms with Crippen molar-refractivity contribution in [3.8, 4) is 0 Å². The van der Waals surface area contributed by atoms with Crippen LogP contribution in [-0.4, -0.2) is 18.8 Å². The maximum Gasteiger partial charge on any atom is 0.0594 e. The van der Waals surface area contributed by atoms with E-state index < -0.39 is 0 Å². The average molecular weight is 247 g/mol. The third kappa shape index (κ3) is 3.49. The summed E-state index contributed by atoms with van der Waals surface area (Å²) in [7, 11) is 0. The van der Waals surface area contributed by atoms with Crippen LogP contribution in [-0.2, 0) is 4.74 Å². The quantitative estimate of drug-likeness (QED) is 0.866. The Bertz CT molecular complexity index is 387. The summed E-state index contributed by atoms with van der Waals surface area (Å²) in [5.41, 5.74) is 3.97. The van der Waals surface area contributed by atoms with Gasteiger partial charge in [0.2, 0.25) is 0 Å². The minimum Gasteiger partial charge on any atom is -0.382 e. The second-order valence-electron chi connectivity index (χ2n) is 5.45. The Morgan fingerprint density at radius 2 is 2.11 bits per heavy atom. The van der Waals surface area contributed by atoms with Gasteiger partial charge >= 0.3 is 0 Å². The molecule has 1 heterocycles. The zero-order valence-electron chi connectivity index (χ0n) is 11.8. The normalized spacial score (nSPS) is 23.9. The summed E-state index contributed by atoms with van der Waals surface area (Å²) >= 11 is 0. The molecule has 2 nitrogen and oxygen atoms in total. The van der Waals surface area contributed by atoms with E-state index in [0.29, 0.717) is 12.1 Å². The van der Waals surface area contributed by atoms with Gasteiger partial charge in [-0.15, -0.1) is 0 Å². The molecule has 1 fully saturated rings. The van der Waals surface area contributed by atoms with Gasteiger partial charge in [0.1, 0.15) is 0 Å². The highest BCUT2D eigenvalue weighted by Gasteiger charge is 2.21. The standard InChI is InChI=1S/C16H25NO/c1-4-5-16-11-15(8-9-18-16)17-14-7-6-12(2)13(3)10-14/h6-7,10,15-17H,4-5,8-9,11H2,1-3H3. The van der Waals surface area contributed by atoms with E-state index in [9.17, 15) is 0 Å². The molecule has 0 radical (unpaired) electrons. The summed E-state index contributed by atoms with van der Waals surface area (Å²) in [5.74, 6) is 0. The Hall–Kier alpha value is -1.02. The Balaban J connectivity index is 1.93. The van der Waals surface area contributed by atoms with Crippen molar-refractivity contribution in [3.05, 3.63) is 29.3 Å². The van der Waals surface area contributed by atoms with Crippen molar-refractivity contribution < 1.29 is 4.74 Å². The van der Waals surface area contributed by atoms with Gasteiger partial charge in [-0.25, -0.2) is 0 Å². The zero-order chi connectivity index (χ0) is 13.0. The van der Waals surface area contributed by atoms with Gasteiger partial charge in [0, 0.05) is 18.3 Å². The summed E-state index contributed by atoms with van der Waals surface area (Å²) in [6.45, 7) is 7.45. The number of anilines is 1. The molecule has 1 aliphatic rings. The van der Waals surface area contributed by atoms with Gasteiger partial charge < -0.3 is 10.1 Å². The summed E-state index contributed by atoms with van der Waals surface area (Å²) in [6.07, 6.45) is 5.10. The lowest BCUT2D eigenvalue weighted by molar-refractivity contribution is 0.00598. The van der Waals surface area contributed by atoms with Gasteiger partial charge in [0.25, 0.3) is 0 Å². The van der Waals surface area contributed by atoms with E-state index >= 15 is 0 Å². The third-order valence-corrected chi connectivity index (χ3v) is 3.86. The lowest BCUT2D eigenvalue weighted by Crippen LogP contribution is -2.34. The van der Waals surface area contributed by atoms with Crippen molar-refractivity contribution >= 4 is 5.69 Å². The van der Waals surface area contributed by atoms with Crippen molar-refractivity contribution in [1.82, 2.24) is 0 Å². The molecule has 1 aromatic carbocycles. The largest absolute Gasteiger partial charge is 0.382 e. The summed E-state index contributed by atoms with van der Waals surface area (Å²) in [4.78, 5) is 0. The Labute approximate surface area is 111 Å². The van der Waals surface area contributed by atoms with Crippen LogP contribution in [0.1, 0.15) is 43.7 Å². The van der Waals surface area contributed by atoms with Crippen molar-refractivity contribution in [1.29, 1.82) is 0 Å². The van der Waals surface area contributed by atoms with Crippen molar-refractivity contribution in [2.24, 2.45) is 0 Å². The first-order chi connectivity index (χ1) is 8.69. The fourth-order valence-electron chi connectivity index (χ4n) is 2.60. The van der Waals surface area contributed by atoms with Gasteiger partial charge in [0.15, 0.2) is 0 Å². The van der Waals surface area contributed by atoms with Crippen LogP contribution in [0, 0.1) is 13.8 Å². The summed E-state index contributed by atoms with van der Waals surface area (Å²) in [5, 5.41) is 3.66. The minimum absolute atomic E-state index is 0.452. The molecule has 1 aliphatic heterocycles. The Morgan fingerprint density at radius 1 is 1.28 bits per heavy atom. The molecular weight excluding hydrogens is 222 g/mol. The molecule has 0 saturated carbocycles. The minimum atomic E-state index is 0.452. The summed E-state index contributed by atoms with van der Waals surface area (Å²) < 4.78 is 5.79. The maximum absolute atomic E-state index is 5.79. The maximum atomic E-state index is 5.79. The van der Waals surface area contributed by atoms with Gasteiger partial charge in [0.05, 0.1) is 6.10 Å². The third-order valence-electron chi connectivity index (χ3n) is 3.86. The van der Waals surface area contributed by atoms with Crippen LogP contribution in [0.4, 0.5) is 5.69 Å². The van der Waals surface area contributed by atoms with Crippen LogP contribution in [0.3, 0.4) is 0 Å². The molecule has 18 heavy (non-hydrogen) atoms. The topological polar surface area (TPSA) is 21.3 Å². The number of hydrogen-bond acceptors (Lipinski definition) is 2. The molecule has 0 spiro atoms. The number of benzene rings is 1. The molecule has 2 atom stereocenters. The number of rotatable bonds is 4. The fraction of sp³-hybridized carbons (Fsp3) is 0.625. The van der Waals surface area contributed by atoms with Gasteiger partial charge in [-0.1, -0.05) is 19.4 Å². The van der Waals surface area contributed by atoms with Crippen LogP contribution >= 0.6 is 0 Å². The molecule has 100 valence electrons. The Kier molecular flexibility index (Phi) is 4.65. The smallest absolute Gasteiger partial charge is 0.0594 e. The molecule has 0 bridgehead atoms. The molecule has 1 saturated heterocycles. The van der Waals surface area contributed by atoms with Crippen molar-refractivity contribution in [3.63, 3.8) is 0 Å². The van der Waals surface area contributed by atoms with E-state index in [1.807, 2.05) is 0 Å². The van der Waals surface area contributed by atoms with Crippen molar-refractivity contribution in [2.45, 2.75) is 58.6 Å². The number of hydrogen-bond donors (Lipinski definition) is 1. The zero-order valence-corrected chi connectivity index (χ0v) is 11.8. The molecule has 0 amide bonds. The monoisotopic (exact) mass is 247 g/mol. The first kappa shape index (κ1) is 13.4. The lowest BCUT2D eigenvalue weighted by atomic mass is 9.99. The predicted molar refractivity (Wildman–Crippen MR) is 77.2 cm³/mol. The van der Waals surface area contributed by atoms with E-state index in [0.717, 1.165) is 19.4 Å². The average Bonchev–Trinajstić information content (AvgIpc) is 2.35. The van der Waals surface area contributed by atoms with Crippen LogP contribution in [0.5, 0.6) is 0 Å². The molecule has 2 unspecified atom stereocenters. The highest BCUT2D eigenvalue weighted by molar-refractivity contribution is 5.48. The number of nitrogens with one attached hydrogen (secondary N) is 1. The summed E-state index contributed by atoms with van der Waals surface area (Å²) in [6, 6.07) is 7.20. The van der Waals surface area contributed by atoms with Gasteiger partial charge in [-0.05, 0) is 56.4 Å². The van der Waals surface area contributed by atoms with Crippen LogP contribution in [0.2, 0.25) is 0 Å².